The van der Waals surface area contributed by atoms with E-state index in [0.29, 0.717) is 0 Å². The molecular weight excluding hydrogens is 323 g/mol. The third kappa shape index (κ3) is 3.11. The maximum absolute atomic E-state index is 12.5. The normalized spacial score (nSPS) is 18.1. The van der Waals surface area contributed by atoms with Crippen LogP contribution in [-0.2, 0) is 20.8 Å². The Bertz CT molecular complexity index is 663. The SMILES string of the molecule is CCS(=O)(=O)C1CN(C(=O)C(C)n2ccc(C(F)(F)F)n2)C1. The summed E-state index contributed by atoms with van der Waals surface area (Å²) in [5.41, 5.74) is -1.07. The molecule has 0 N–H and O–H groups in total. The molecule has 0 saturated carbocycles. The smallest absolute Gasteiger partial charge is 0.338 e. The summed E-state index contributed by atoms with van der Waals surface area (Å²) in [7, 11) is -3.20. The molecule has 1 saturated heterocycles. The summed E-state index contributed by atoms with van der Waals surface area (Å²) in [4.78, 5) is 13.5. The van der Waals surface area contributed by atoms with Gasteiger partial charge in [0.15, 0.2) is 15.5 Å². The van der Waals surface area contributed by atoms with E-state index in [4.69, 9.17) is 0 Å². The van der Waals surface area contributed by atoms with Crippen molar-refractivity contribution in [3.8, 4) is 0 Å². The van der Waals surface area contributed by atoms with E-state index in [-0.39, 0.29) is 18.8 Å². The van der Waals surface area contributed by atoms with Gasteiger partial charge in [-0.05, 0) is 13.0 Å². The molecule has 1 aromatic heterocycles. The van der Waals surface area contributed by atoms with Gasteiger partial charge in [-0.2, -0.15) is 18.3 Å². The molecule has 0 aliphatic carbocycles. The first-order valence-corrected chi connectivity index (χ1v) is 8.40. The number of alkyl halides is 3. The maximum atomic E-state index is 12.5. The maximum Gasteiger partial charge on any atom is 0.435 e. The lowest BCUT2D eigenvalue weighted by molar-refractivity contribution is -0.143. The zero-order chi connectivity index (χ0) is 16.7. The molecule has 1 unspecified atom stereocenters. The number of carbonyl (C=O) groups is 1. The van der Waals surface area contributed by atoms with Gasteiger partial charge >= 0.3 is 6.18 Å². The fourth-order valence-electron chi connectivity index (χ4n) is 2.16. The Balaban J connectivity index is 2.01. The monoisotopic (exact) mass is 339 g/mol. The number of rotatable bonds is 4. The number of hydrogen-bond acceptors (Lipinski definition) is 4. The molecule has 22 heavy (non-hydrogen) atoms. The predicted molar refractivity (Wildman–Crippen MR) is 71.8 cm³/mol. The van der Waals surface area contributed by atoms with Crippen molar-refractivity contribution in [3.63, 3.8) is 0 Å². The minimum absolute atomic E-state index is 0.00332. The van der Waals surface area contributed by atoms with Crippen LogP contribution in [0.4, 0.5) is 13.2 Å². The highest BCUT2D eigenvalue weighted by molar-refractivity contribution is 7.92. The third-order valence-electron chi connectivity index (χ3n) is 3.72. The second-order valence-corrected chi connectivity index (χ2v) is 7.74. The van der Waals surface area contributed by atoms with Crippen molar-refractivity contribution in [1.82, 2.24) is 14.7 Å². The summed E-state index contributed by atoms with van der Waals surface area (Å²) >= 11 is 0. The van der Waals surface area contributed by atoms with Gasteiger partial charge in [0, 0.05) is 25.0 Å². The van der Waals surface area contributed by atoms with Crippen LogP contribution >= 0.6 is 0 Å². The lowest BCUT2D eigenvalue weighted by atomic mass is 10.1. The van der Waals surface area contributed by atoms with Crippen LogP contribution in [0.1, 0.15) is 25.6 Å². The molecule has 0 bridgehead atoms. The second-order valence-electron chi connectivity index (χ2n) is 5.17. The van der Waals surface area contributed by atoms with E-state index in [2.05, 4.69) is 5.10 Å². The quantitative estimate of drug-likeness (QED) is 0.824. The number of sulfone groups is 1. The number of hydrogen-bond donors (Lipinski definition) is 0. The Morgan fingerprint density at radius 2 is 2.05 bits per heavy atom. The first-order valence-electron chi connectivity index (χ1n) is 6.69. The summed E-state index contributed by atoms with van der Waals surface area (Å²) in [6, 6.07) is -0.120. The van der Waals surface area contributed by atoms with Crippen molar-refractivity contribution in [2.75, 3.05) is 18.8 Å². The molecular formula is C12H16F3N3O3S. The van der Waals surface area contributed by atoms with Gasteiger partial charge < -0.3 is 4.90 Å². The highest BCUT2D eigenvalue weighted by atomic mass is 32.2. The standard InChI is InChI=1S/C12H16F3N3O3S/c1-3-22(20,21)9-6-17(7-9)11(19)8(2)18-5-4-10(16-18)12(13,14)15/h4-5,8-9H,3,6-7H2,1-2H3. The second kappa shape index (κ2) is 5.56. The minimum atomic E-state index is -4.56. The van der Waals surface area contributed by atoms with Crippen molar-refractivity contribution < 1.29 is 26.4 Å². The van der Waals surface area contributed by atoms with Gasteiger partial charge in [0.25, 0.3) is 0 Å². The van der Waals surface area contributed by atoms with Gasteiger partial charge in [0.1, 0.15) is 6.04 Å². The van der Waals surface area contributed by atoms with Crippen molar-refractivity contribution >= 4 is 15.7 Å². The van der Waals surface area contributed by atoms with Crippen LogP contribution < -0.4 is 0 Å². The summed E-state index contributed by atoms with van der Waals surface area (Å²) < 4.78 is 61.6. The molecule has 0 aromatic carbocycles. The van der Waals surface area contributed by atoms with Gasteiger partial charge in [-0.15, -0.1) is 0 Å². The Labute approximate surface area is 125 Å². The van der Waals surface area contributed by atoms with E-state index in [1.165, 1.54) is 18.7 Å². The molecule has 1 fully saturated rings. The zero-order valence-electron chi connectivity index (χ0n) is 12.0. The number of likely N-dealkylation sites (tertiary alicyclic amines) is 1. The van der Waals surface area contributed by atoms with E-state index >= 15 is 0 Å². The van der Waals surface area contributed by atoms with Crippen LogP contribution in [0.3, 0.4) is 0 Å². The first-order chi connectivity index (χ1) is 10.1. The van der Waals surface area contributed by atoms with Gasteiger partial charge in [-0.25, -0.2) is 8.42 Å². The number of nitrogens with zero attached hydrogens (tertiary/aromatic N) is 3. The largest absolute Gasteiger partial charge is 0.435 e. The molecule has 6 nitrogen and oxygen atoms in total. The van der Waals surface area contributed by atoms with E-state index < -0.39 is 38.9 Å². The van der Waals surface area contributed by atoms with Crippen LogP contribution in [0.15, 0.2) is 12.3 Å². The summed E-state index contributed by atoms with van der Waals surface area (Å²) in [6.45, 7) is 3.11. The van der Waals surface area contributed by atoms with Gasteiger partial charge in [0.2, 0.25) is 5.91 Å². The number of halogens is 3. The Hall–Kier alpha value is -1.58. The summed E-state index contributed by atoms with van der Waals surface area (Å²) in [5, 5.41) is 2.77. The van der Waals surface area contributed by atoms with E-state index in [9.17, 15) is 26.4 Å². The van der Waals surface area contributed by atoms with Gasteiger partial charge in [0.05, 0.1) is 5.25 Å². The molecule has 1 aromatic rings. The number of aromatic nitrogens is 2. The Morgan fingerprint density at radius 1 is 1.45 bits per heavy atom. The molecule has 0 spiro atoms. The number of carbonyl (C=O) groups excluding carboxylic acids is 1. The van der Waals surface area contributed by atoms with Crippen molar-refractivity contribution in [1.29, 1.82) is 0 Å². The zero-order valence-corrected chi connectivity index (χ0v) is 12.9. The van der Waals surface area contributed by atoms with Crippen LogP contribution in [0, 0.1) is 0 Å². The third-order valence-corrected chi connectivity index (χ3v) is 5.84. The van der Waals surface area contributed by atoms with Gasteiger partial charge in [-0.1, -0.05) is 6.92 Å². The molecule has 10 heteroatoms. The molecule has 1 amide bonds. The summed E-state index contributed by atoms with van der Waals surface area (Å²) in [6.07, 6.45) is -3.48. The van der Waals surface area contributed by atoms with E-state index in [1.54, 1.807) is 0 Å². The van der Waals surface area contributed by atoms with E-state index in [0.717, 1.165) is 16.9 Å². The average molecular weight is 339 g/mol. The predicted octanol–water partition coefficient (Wildman–Crippen LogP) is 1.11. The molecule has 0 radical (unpaired) electrons. The Morgan fingerprint density at radius 3 is 2.50 bits per heavy atom. The minimum Gasteiger partial charge on any atom is -0.338 e. The Kier molecular flexibility index (Phi) is 4.24. The van der Waals surface area contributed by atoms with Crippen molar-refractivity contribution in [2.24, 2.45) is 0 Å². The van der Waals surface area contributed by atoms with Crippen molar-refractivity contribution in [2.45, 2.75) is 31.3 Å². The molecule has 1 aliphatic heterocycles. The molecule has 1 atom stereocenters. The molecule has 2 heterocycles. The van der Waals surface area contributed by atoms with Crippen molar-refractivity contribution in [3.05, 3.63) is 18.0 Å². The lowest BCUT2D eigenvalue weighted by Gasteiger charge is -2.39. The fraction of sp³-hybridized carbons (Fsp3) is 0.667. The highest BCUT2D eigenvalue weighted by Crippen LogP contribution is 2.28. The summed E-state index contributed by atoms with van der Waals surface area (Å²) in [5.74, 6) is -0.442. The first kappa shape index (κ1) is 16.8. The van der Waals surface area contributed by atoms with E-state index in [1.807, 2.05) is 0 Å². The highest BCUT2D eigenvalue weighted by Gasteiger charge is 2.41. The molecule has 1 aliphatic rings. The van der Waals surface area contributed by atoms with Crippen LogP contribution in [0.25, 0.3) is 0 Å². The molecule has 2 rings (SSSR count). The molecule has 124 valence electrons. The lowest BCUT2D eigenvalue weighted by Crippen LogP contribution is -2.58. The van der Waals surface area contributed by atoms with Gasteiger partial charge in [-0.3, -0.25) is 9.48 Å². The average Bonchev–Trinajstić information content (AvgIpc) is 2.84. The fourth-order valence-corrected chi connectivity index (χ4v) is 3.45. The van der Waals surface area contributed by atoms with Crippen LogP contribution in [0.5, 0.6) is 0 Å². The topological polar surface area (TPSA) is 72.3 Å². The number of amides is 1. The van der Waals surface area contributed by atoms with Crippen LogP contribution in [0.2, 0.25) is 0 Å². The van der Waals surface area contributed by atoms with Crippen LogP contribution in [-0.4, -0.2) is 53.1 Å².